The minimum Gasteiger partial charge on any atom is -0.338 e. The molecule has 1 aliphatic heterocycles. The summed E-state index contributed by atoms with van der Waals surface area (Å²) < 4.78 is 0. The summed E-state index contributed by atoms with van der Waals surface area (Å²) in [7, 11) is 0. The molecule has 8 heteroatoms. The normalized spacial score (nSPS) is 16.8. The van der Waals surface area contributed by atoms with Crippen LogP contribution in [-0.4, -0.2) is 46.0 Å². The van der Waals surface area contributed by atoms with Crippen molar-refractivity contribution in [3.05, 3.63) is 57.4 Å². The second kappa shape index (κ2) is 7.11. The van der Waals surface area contributed by atoms with Gasteiger partial charge in [0.1, 0.15) is 12.4 Å². The number of aromatic nitrogens is 2. The SMILES string of the molecule is CC(c1ccccc1Cl)N1CCN(c2ncc([N+](=O)[O-])cn2)CC1. The van der Waals surface area contributed by atoms with Gasteiger partial charge in [0.05, 0.1) is 4.92 Å². The van der Waals surface area contributed by atoms with Crippen LogP contribution in [0.5, 0.6) is 0 Å². The maximum absolute atomic E-state index is 10.7. The number of hydrogen-bond acceptors (Lipinski definition) is 6. The zero-order chi connectivity index (χ0) is 17.1. The quantitative estimate of drug-likeness (QED) is 0.625. The first kappa shape index (κ1) is 16.6. The molecular weight excluding hydrogens is 330 g/mol. The van der Waals surface area contributed by atoms with Crippen molar-refractivity contribution in [1.82, 2.24) is 14.9 Å². The van der Waals surface area contributed by atoms with Crippen LogP contribution in [0.15, 0.2) is 36.7 Å². The standard InChI is InChI=1S/C16H18ClN5O2/c1-12(14-4-2-3-5-15(14)17)20-6-8-21(9-7-20)16-18-10-13(11-19-16)22(23)24/h2-5,10-12H,6-9H2,1H3. The molecule has 1 aromatic carbocycles. The van der Waals surface area contributed by atoms with E-state index in [1.807, 2.05) is 23.1 Å². The summed E-state index contributed by atoms with van der Waals surface area (Å²) in [5, 5.41) is 11.4. The predicted molar refractivity (Wildman–Crippen MR) is 92.3 cm³/mol. The fourth-order valence-electron chi connectivity index (χ4n) is 2.89. The molecule has 0 aliphatic carbocycles. The fourth-order valence-corrected chi connectivity index (χ4v) is 3.19. The number of benzene rings is 1. The summed E-state index contributed by atoms with van der Waals surface area (Å²) in [6.07, 6.45) is 2.50. The van der Waals surface area contributed by atoms with E-state index in [1.54, 1.807) is 0 Å². The van der Waals surface area contributed by atoms with E-state index in [0.29, 0.717) is 5.95 Å². The molecule has 0 amide bonds. The zero-order valence-electron chi connectivity index (χ0n) is 13.3. The summed E-state index contributed by atoms with van der Waals surface area (Å²) in [6, 6.07) is 8.13. The minimum absolute atomic E-state index is 0.0928. The molecule has 0 N–H and O–H groups in total. The van der Waals surface area contributed by atoms with Crippen LogP contribution in [0.2, 0.25) is 5.02 Å². The molecule has 1 atom stereocenters. The number of nitro groups is 1. The summed E-state index contributed by atoms with van der Waals surface area (Å²) >= 11 is 6.29. The van der Waals surface area contributed by atoms with E-state index in [4.69, 9.17) is 11.6 Å². The van der Waals surface area contributed by atoms with Crippen molar-refractivity contribution >= 4 is 23.2 Å². The molecule has 2 aromatic rings. The molecule has 0 radical (unpaired) electrons. The number of piperazine rings is 1. The van der Waals surface area contributed by atoms with Gasteiger partial charge in [-0.2, -0.15) is 0 Å². The van der Waals surface area contributed by atoms with Gasteiger partial charge in [-0.25, -0.2) is 9.97 Å². The first-order chi connectivity index (χ1) is 11.6. The van der Waals surface area contributed by atoms with Gasteiger partial charge in [0.2, 0.25) is 5.95 Å². The van der Waals surface area contributed by atoms with Gasteiger partial charge in [0.15, 0.2) is 0 Å². The third-order valence-electron chi connectivity index (χ3n) is 4.34. The topological polar surface area (TPSA) is 75.4 Å². The van der Waals surface area contributed by atoms with Crippen molar-refractivity contribution < 1.29 is 4.92 Å². The average molecular weight is 348 g/mol. The van der Waals surface area contributed by atoms with Crippen molar-refractivity contribution in [3.8, 4) is 0 Å². The number of halogens is 1. The molecule has 0 spiro atoms. The lowest BCUT2D eigenvalue weighted by Crippen LogP contribution is -2.47. The molecule has 1 unspecified atom stereocenters. The van der Waals surface area contributed by atoms with Gasteiger partial charge in [0, 0.05) is 37.2 Å². The molecule has 126 valence electrons. The van der Waals surface area contributed by atoms with Crippen molar-refractivity contribution in [2.24, 2.45) is 0 Å². The summed E-state index contributed by atoms with van der Waals surface area (Å²) in [4.78, 5) is 22.8. The fraction of sp³-hybridized carbons (Fsp3) is 0.375. The minimum atomic E-state index is -0.493. The van der Waals surface area contributed by atoms with Crippen molar-refractivity contribution in [1.29, 1.82) is 0 Å². The highest BCUT2D eigenvalue weighted by molar-refractivity contribution is 6.31. The van der Waals surface area contributed by atoms with E-state index in [9.17, 15) is 10.1 Å². The molecule has 3 rings (SSSR count). The largest absolute Gasteiger partial charge is 0.338 e. The predicted octanol–water partition coefficient (Wildman–Crippen LogP) is 2.92. The second-order valence-corrected chi connectivity index (χ2v) is 6.13. The lowest BCUT2D eigenvalue weighted by Gasteiger charge is -2.38. The second-order valence-electron chi connectivity index (χ2n) is 5.72. The summed E-state index contributed by atoms with van der Waals surface area (Å²) in [5.41, 5.74) is 1.03. The Hall–Kier alpha value is -2.25. The van der Waals surface area contributed by atoms with Crippen LogP contribution in [0.25, 0.3) is 0 Å². The van der Waals surface area contributed by atoms with E-state index in [-0.39, 0.29) is 11.7 Å². The van der Waals surface area contributed by atoms with Gasteiger partial charge >= 0.3 is 5.69 Å². The van der Waals surface area contributed by atoms with Gasteiger partial charge in [-0.15, -0.1) is 0 Å². The number of nitrogens with zero attached hydrogens (tertiary/aromatic N) is 5. The Morgan fingerprint density at radius 3 is 2.38 bits per heavy atom. The molecule has 1 fully saturated rings. The van der Waals surface area contributed by atoms with Crippen LogP contribution in [0, 0.1) is 10.1 Å². The molecular formula is C16H18ClN5O2. The van der Waals surface area contributed by atoms with Gasteiger partial charge < -0.3 is 4.90 Å². The molecule has 7 nitrogen and oxygen atoms in total. The van der Waals surface area contributed by atoms with E-state index < -0.39 is 4.92 Å². The van der Waals surface area contributed by atoms with Crippen molar-refractivity contribution in [2.75, 3.05) is 31.1 Å². The number of hydrogen-bond donors (Lipinski definition) is 0. The van der Waals surface area contributed by atoms with Gasteiger partial charge in [-0.3, -0.25) is 15.0 Å². The highest BCUT2D eigenvalue weighted by Crippen LogP contribution is 2.28. The highest BCUT2D eigenvalue weighted by Gasteiger charge is 2.24. The maximum Gasteiger partial charge on any atom is 0.305 e. The third kappa shape index (κ3) is 3.47. The van der Waals surface area contributed by atoms with Crippen LogP contribution in [-0.2, 0) is 0 Å². The van der Waals surface area contributed by atoms with Crippen LogP contribution in [0.1, 0.15) is 18.5 Å². The van der Waals surface area contributed by atoms with E-state index in [2.05, 4.69) is 27.9 Å². The summed E-state index contributed by atoms with van der Waals surface area (Å²) in [6.45, 7) is 5.40. The van der Waals surface area contributed by atoms with Gasteiger partial charge in [-0.1, -0.05) is 29.8 Å². The molecule has 0 bridgehead atoms. The molecule has 24 heavy (non-hydrogen) atoms. The maximum atomic E-state index is 10.7. The van der Waals surface area contributed by atoms with Crippen molar-refractivity contribution in [3.63, 3.8) is 0 Å². The summed E-state index contributed by atoms with van der Waals surface area (Å²) in [5.74, 6) is 0.533. The van der Waals surface area contributed by atoms with Crippen LogP contribution >= 0.6 is 11.6 Å². The first-order valence-electron chi connectivity index (χ1n) is 7.76. The molecule has 0 saturated carbocycles. The zero-order valence-corrected chi connectivity index (χ0v) is 14.1. The van der Waals surface area contributed by atoms with Crippen LogP contribution < -0.4 is 4.90 Å². The van der Waals surface area contributed by atoms with E-state index >= 15 is 0 Å². The Kier molecular flexibility index (Phi) is 4.92. The Bertz CT molecular complexity index is 717. The van der Waals surface area contributed by atoms with Gasteiger partial charge in [0.25, 0.3) is 0 Å². The van der Waals surface area contributed by atoms with Crippen LogP contribution in [0.4, 0.5) is 11.6 Å². The molecule has 2 heterocycles. The lowest BCUT2D eigenvalue weighted by atomic mass is 10.1. The molecule has 1 aliphatic rings. The number of rotatable bonds is 4. The van der Waals surface area contributed by atoms with E-state index in [1.165, 1.54) is 12.4 Å². The van der Waals surface area contributed by atoms with E-state index in [0.717, 1.165) is 36.8 Å². The lowest BCUT2D eigenvalue weighted by molar-refractivity contribution is -0.385. The third-order valence-corrected chi connectivity index (χ3v) is 4.68. The highest BCUT2D eigenvalue weighted by atomic mass is 35.5. The Morgan fingerprint density at radius 1 is 1.17 bits per heavy atom. The number of anilines is 1. The molecule has 1 aromatic heterocycles. The van der Waals surface area contributed by atoms with Crippen molar-refractivity contribution in [2.45, 2.75) is 13.0 Å². The Morgan fingerprint density at radius 2 is 1.79 bits per heavy atom. The van der Waals surface area contributed by atoms with Gasteiger partial charge in [-0.05, 0) is 18.6 Å². The first-order valence-corrected chi connectivity index (χ1v) is 8.14. The Balaban J connectivity index is 1.63. The Labute approximate surface area is 145 Å². The monoisotopic (exact) mass is 347 g/mol. The van der Waals surface area contributed by atoms with Crippen LogP contribution in [0.3, 0.4) is 0 Å². The smallest absolute Gasteiger partial charge is 0.305 e. The molecule has 1 saturated heterocycles. The average Bonchev–Trinajstić information content (AvgIpc) is 2.62.